The van der Waals surface area contributed by atoms with Crippen molar-refractivity contribution in [2.75, 3.05) is 11.4 Å². The van der Waals surface area contributed by atoms with E-state index in [2.05, 4.69) is 5.32 Å². The summed E-state index contributed by atoms with van der Waals surface area (Å²) < 4.78 is 0. The van der Waals surface area contributed by atoms with Gasteiger partial charge in [0.05, 0.1) is 5.69 Å². The molecule has 1 heterocycles. The van der Waals surface area contributed by atoms with Gasteiger partial charge in [-0.1, -0.05) is 73.9 Å². The summed E-state index contributed by atoms with van der Waals surface area (Å²) in [5.74, 6) is -0.568. The standard InChI is InChI=1S/C29H31N3O3/c1-20(28(34)30-23-14-6-3-7-15-23)31(18-21-10-4-2-5-11-21)26(33)19-32-25-17-9-13-22-12-8-16-24(27(22)25)29(32)35/h2,4-5,8-13,16-17,20,23H,3,6-7,14-15,18-19H2,1H3,(H,30,34)/t20-/m0/s1. The molecule has 35 heavy (non-hydrogen) atoms. The lowest BCUT2D eigenvalue weighted by Crippen LogP contribution is -2.52. The molecule has 1 aliphatic carbocycles. The summed E-state index contributed by atoms with van der Waals surface area (Å²) in [4.78, 5) is 43.3. The predicted octanol–water partition coefficient (Wildman–Crippen LogP) is 4.67. The van der Waals surface area contributed by atoms with Gasteiger partial charge in [0.1, 0.15) is 12.6 Å². The second-order valence-corrected chi connectivity index (χ2v) is 9.60. The Hall–Kier alpha value is -3.67. The maximum Gasteiger partial charge on any atom is 0.259 e. The zero-order valence-corrected chi connectivity index (χ0v) is 20.1. The lowest BCUT2D eigenvalue weighted by Gasteiger charge is -2.32. The van der Waals surface area contributed by atoms with Crippen molar-refractivity contribution >= 4 is 34.2 Å². The molecule has 1 fully saturated rings. The molecule has 6 nitrogen and oxygen atoms in total. The number of hydrogen-bond acceptors (Lipinski definition) is 3. The monoisotopic (exact) mass is 469 g/mol. The molecule has 1 saturated carbocycles. The van der Waals surface area contributed by atoms with E-state index < -0.39 is 6.04 Å². The van der Waals surface area contributed by atoms with Gasteiger partial charge in [-0.05, 0) is 42.8 Å². The number of nitrogens with zero attached hydrogens (tertiary/aromatic N) is 2. The van der Waals surface area contributed by atoms with Crippen LogP contribution in [0.2, 0.25) is 0 Å². The number of carbonyl (C=O) groups is 3. The van der Waals surface area contributed by atoms with Crippen LogP contribution in [0.1, 0.15) is 54.9 Å². The third-order valence-corrected chi connectivity index (χ3v) is 7.26. The topological polar surface area (TPSA) is 69.7 Å². The summed E-state index contributed by atoms with van der Waals surface area (Å²) in [5.41, 5.74) is 2.30. The maximum atomic E-state index is 13.7. The molecule has 180 valence electrons. The highest BCUT2D eigenvalue weighted by molar-refractivity contribution is 6.26. The highest BCUT2D eigenvalue weighted by Gasteiger charge is 2.34. The first-order valence-corrected chi connectivity index (χ1v) is 12.5. The number of benzene rings is 3. The first-order chi connectivity index (χ1) is 17.0. The highest BCUT2D eigenvalue weighted by Crippen LogP contribution is 2.37. The number of amides is 3. The van der Waals surface area contributed by atoms with Crippen molar-refractivity contribution in [3.05, 3.63) is 77.9 Å². The van der Waals surface area contributed by atoms with E-state index in [0.717, 1.165) is 47.7 Å². The van der Waals surface area contributed by atoms with Gasteiger partial charge >= 0.3 is 0 Å². The molecule has 1 N–H and O–H groups in total. The van der Waals surface area contributed by atoms with Crippen LogP contribution < -0.4 is 10.2 Å². The fourth-order valence-corrected chi connectivity index (χ4v) is 5.29. The summed E-state index contributed by atoms with van der Waals surface area (Å²) in [5, 5.41) is 5.02. The molecule has 0 spiro atoms. The van der Waals surface area contributed by atoms with Crippen LogP contribution >= 0.6 is 0 Å². The predicted molar refractivity (Wildman–Crippen MR) is 137 cm³/mol. The van der Waals surface area contributed by atoms with Crippen molar-refractivity contribution in [1.82, 2.24) is 10.2 Å². The van der Waals surface area contributed by atoms with Crippen molar-refractivity contribution in [2.24, 2.45) is 0 Å². The minimum atomic E-state index is -0.652. The van der Waals surface area contributed by atoms with E-state index in [0.29, 0.717) is 12.1 Å². The van der Waals surface area contributed by atoms with E-state index in [4.69, 9.17) is 0 Å². The summed E-state index contributed by atoms with van der Waals surface area (Å²) >= 11 is 0. The summed E-state index contributed by atoms with van der Waals surface area (Å²) in [6.07, 6.45) is 5.41. The summed E-state index contributed by atoms with van der Waals surface area (Å²) in [6, 6.07) is 20.6. The Labute approximate surface area is 205 Å². The number of rotatable bonds is 7. The summed E-state index contributed by atoms with van der Waals surface area (Å²) in [6.45, 7) is 1.97. The lowest BCUT2D eigenvalue weighted by atomic mass is 9.95. The van der Waals surface area contributed by atoms with Crippen LogP contribution in [0, 0.1) is 0 Å². The smallest absolute Gasteiger partial charge is 0.259 e. The van der Waals surface area contributed by atoms with Gasteiger partial charge in [0.2, 0.25) is 11.8 Å². The SMILES string of the molecule is C[C@@H](C(=O)NC1CCCCC1)N(Cc1ccccc1)C(=O)CN1C(=O)c2cccc3cccc1c23. The molecule has 0 aromatic heterocycles. The van der Waals surface area contributed by atoms with E-state index >= 15 is 0 Å². The molecule has 3 aromatic carbocycles. The van der Waals surface area contributed by atoms with Crippen LogP contribution in [-0.4, -0.2) is 41.2 Å². The quantitative estimate of drug-likeness (QED) is 0.547. The van der Waals surface area contributed by atoms with E-state index in [1.807, 2.05) is 60.7 Å². The number of carbonyl (C=O) groups excluding carboxylic acids is 3. The van der Waals surface area contributed by atoms with Crippen LogP contribution in [0.5, 0.6) is 0 Å². The van der Waals surface area contributed by atoms with Crippen molar-refractivity contribution in [3.63, 3.8) is 0 Å². The first-order valence-electron chi connectivity index (χ1n) is 12.5. The van der Waals surface area contributed by atoms with Gasteiger partial charge in [0.15, 0.2) is 0 Å². The fraction of sp³-hybridized carbons (Fsp3) is 0.345. The molecule has 1 aliphatic heterocycles. The molecule has 2 aliphatic rings. The first kappa shape index (κ1) is 23.1. The zero-order valence-electron chi connectivity index (χ0n) is 20.1. The number of nitrogens with one attached hydrogen (secondary N) is 1. The molecule has 5 rings (SSSR count). The number of anilines is 1. The van der Waals surface area contributed by atoms with Crippen LogP contribution in [0.3, 0.4) is 0 Å². The van der Waals surface area contributed by atoms with E-state index in [1.165, 1.54) is 6.42 Å². The Kier molecular flexibility index (Phi) is 6.53. The van der Waals surface area contributed by atoms with Gasteiger partial charge in [0, 0.05) is 23.5 Å². The van der Waals surface area contributed by atoms with E-state index in [-0.39, 0.29) is 30.3 Å². The van der Waals surface area contributed by atoms with Crippen molar-refractivity contribution < 1.29 is 14.4 Å². The Balaban J connectivity index is 1.38. The Morgan fingerprint density at radius 2 is 1.69 bits per heavy atom. The van der Waals surface area contributed by atoms with Crippen LogP contribution in [0.15, 0.2) is 66.7 Å². The normalized spacial score (nSPS) is 16.4. The van der Waals surface area contributed by atoms with Crippen molar-refractivity contribution in [2.45, 2.75) is 57.7 Å². The van der Waals surface area contributed by atoms with E-state index in [1.54, 1.807) is 22.8 Å². The Morgan fingerprint density at radius 1 is 0.971 bits per heavy atom. The Bertz CT molecular complexity index is 1250. The van der Waals surface area contributed by atoms with Gasteiger partial charge in [-0.2, -0.15) is 0 Å². The van der Waals surface area contributed by atoms with Gasteiger partial charge in [-0.15, -0.1) is 0 Å². The van der Waals surface area contributed by atoms with Gasteiger partial charge in [-0.3, -0.25) is 19.3 Å². The molecular weight excluding hydrogens is 438 g/mol. The third kappa shape index (κ3) is 4.65. The average molecular weight is 470 g/mol. The molecule has 6 heteroatoms. The van der Waals surface area contributed by atoms with Gasteiger partial charge < -0.3 is 10.2 Å². The lowest BCUT2D eigenvalue weighted by molar-refractivity contribution is -0.139. The van der Waals surface area contributed by atoms with Gasteiger partial charge in [-0.25, -0.2) is 0 Å². The molecule has 1 atom stereocenters. The Morgan fingerprint density at radius 3 is 2.43 bits per heavy atom. The van der Waals surface area contributed by atoms with Gasteiger partial charge in [0.25, 0.3) is 5.91 Å². The molecule has 3 aromatic rings. The zero-order chi connectivity index (χ0) is 24.4. The largest absolute Gasteiger partial charge is 0.352 e. The molecule has 0 unspecified atom stereocenters. The minimum absolute atomic E-state index is 0.111. The summed E-state index contributed by atoms with van der Waals surface area (Å²) in [7, 11) is 0. The third-order valence-electron chi connectivity index (χ3n) is 7.26. The average Bonchev–Trinajstić information content (AvgIpc) is 3.16. The molecule has 0 saturated heterocycles. The van der Waals surface area contributed by atoms with Crippen LogP contribution in [0.25, 0.3) is 10.8 Å². The highest BCUT2D eigenvalue weighted by atomic mass is 16.2. The molecule has 0 bridgehead atoms. The van der Waals surface area contributed by atoms with Crippen LogP contribution in [-0.2, 0) is 16.1 Å². The molecular formula is C29H31N3O3. The second kappa shape index (κ2) is 9.90. The minimum Gasteiger partial charge on any atom is -0.352 e. The molecule has 0 radical (unpaired) electrons. The van der Waals surface area contributed by atoms with E-state index in [9.17, 15) is 14.4 Å². The number of hydrogen-bond donors (Lipinski definition) is 1. The molecule has 3 amide bonds. The maximum absolute atomic E-state index is 13.7. The van der Waals surface area contributed by atoms with Crippen molar-refractivity contribution in [3.8, 4) is 0 Å². The van der Waals surface area contributed by atoms with Crippen molar-refractivity contribution in [1.29, 1.82) is 0 Å². The van der Waals surface area contributed by atoms with Crippen LogP contribution in [0.4, 0.5) is 5.69 Å². The second-order valence-electron chi connectivity index (χ2n) is 9.60. The fourth-order valence-electron chi connectivity index (χ4n) is 5.29.